The monoisotopic (exact) mass is 646 g/mol. The molecule has 0 bridgehead atoms. The summed E-state index contributed by atoms with van der Waals surface area (Å²) < 4.78 is 7.05. The molecular weight excluding hydrogens is 624 g/mol. The van der Waals surface area contributed by atoms with Crippen molar-refractivity contribution in [3.63, 3.8) is 0 Å². The summed E-state index contributed by atoms with van der Waals surface area (Å²) in [6.07, 6.45) is 11.9. The standard InChI is InChI=1S/C20H26Br4O4/c1-2-3-4-5-6-7-8-9-10-11-12-28-20(27)14-13(19(25)26)15(21)17(23)18(24)16(14)22/h2-12H2,1H3,(H,25,26). The maximum atomic E-state index is 12.5. The first-order chi connectivity index (χ1) is 13.3. The minimum absolute atomic E-state index is 0.00142. The zero-order chi connectivity index (χ0) is 21.1. The van der Waals surface area contributed by atoms with Crippen molar-refractivity contribution in [2.45, 2.75) is 71.1 Å². The summed E-state index contributed by atoms with van der Waals surface area (Å²) in [5, 5.41) is 9.50. The smallest absolute Gasteiger partial charge is 0.340 e. The molecule has 8 heteroatoms. The number of hydrogen-bond donors (Lipinski definition) is 1. The maximum Gasteiger partial charge on any atom is 0.340 e. The van der Waals surface area contributed by atoms with Crippen LogP contribution in [0.3, 0.4) is 0 Å². The van der Waals surface area contributed by atoms with Crippen LogP contribution in [0.4, 0.5) is 0 Å². The van der Waals surface area contributed by atoms with Gasteiger partial charge in [-0.2, -0.15) is 0 Å². The van der Waals surface area contributed by atoms with E-state index in [1.54, 1.807) is 0 Å². The van der Waals surface area contributed by atoms with Gasteiger partial charge in [-0.25, -0.2) is 9.59 Å². The van der Waals surface area contributed by atoms with E-state index < -0.39 is 11.9 Å². The van der Waals surface area contributed by atoms with Crippen LogP contribution in [0.5, 0.6) is 0 Å². The van der Waals surface area contributed by atoms with Gasteiger partial charge in [0.15, 0.2) is 0 Å². The summed E-state index contributed by atoms with van der Waals surface area (Å²) in [5.41, 5.74) is -0.128. The molecule has 4 nitrogen and oxygen atoms in total. The van der Waals surface area contributed by atoms with Gasteiger partial charge >= 0.3 is 11.9 Å². The van der Waals surface area contributed by atoms with Crippen LogP contribution in [0.15, 0.2) is 17.9 Å². The Bertz CT molecular complexity index is 677. The molecule has 0 saturated carbocycles. The molecule has 0 aliphatic rings. The Kier molecular flexibility index (Phi) is 13.2. The molecule has 0 spiro atoms. The molecule has 1 aromatic carbocycles. The lowest BCUT2D eigenvalue weighted by atomic mass is 10.1. The SMILES string of the molecule is CCCCCCCCCCCCOC(=O)c1c(Br)c(Br)c(Br)c(Br)c1C(=O)O. The molecule has 158 valence electrons. The molecule has 0 aliphatic heterocycles. The fraction of sp³-hybridized carbons (Fsp3) is 0.600. The zero-order valence-corrected chi connectivity index (χ0v) is 22.3. The maximum absolute atomic E-state index is 12.5. The lowest BCUT2D eigenvalue weighted by Gasteiger charge is -2.14. The van der Waals surface area contributed by atoms with Gasteiger partial charge in [-0.15, -0.1) is 0 Å². The lowest BCUT2D eigenvalue weighted by molar-refractivity contribution is 0.0486. The molecular formula is C20H26Br4O4. The van der Waals surface area contributed by atoms with Gasteiger partial charge < -0.3 is 9.84 Å². The van der Waals surface area contributed by atoms with Crippen LogP contribution < -0.4 is 0 Å². The Morgan fingerprint density at radius 3 is 1.61 bits per heavy atom. The molecule has 0 unspecified atom stereocenters. The Morgan fingerprint density at radius 2 is 1.14 bits per heavy atom. The van der Waals surface area contributed by atoms with E-state index >= 15 is 0 Å². The average molecular weight is 650 g/mol. The van der Waals surface area contributed by atoms with E-state index in [-0.39, 0.29) is 17.7 Å². The van der Waals surface area contributed by atoms with Crippen molar-refractivity contribution in [1.29, 1.82) is 0 Å². The van der Waals surface area contributed by atoms with Gasteiger partial charge in [-0.05, 0) is 70.1 Å². The van der Waals surface area contributed by atoms with Crippen molar-refractivity contribution >= 4 is 75.7 Å². The molecule has 0 radical (unpaired) electrons. The van der Waals surface area contributed by atoms with E-state index in [4.69, 9.17) is 4.74 Å². The fourth-order valence-electron chi connectivity index (χ4n) is 2.85. The second-order valence-corrected chi connectivity index (χ2v) is 9.80. The number of carbonyl (C=O) groups excluding carboxylic acids is 1. The summed E-state index contributed by atoms with van der Waals surface area (Å²) in [5.74, 6) is -1.85. The van der Waals surface area contributed by atoms with Gasteiger partial charge in [0, 0.05) is 17.9 Å². The van der Waals surface area contributed by atoms with Gasteiger partial charge in [0.2, 0.25) is 0 Å². The zero-order valence-electron chi connectivity index (χ0n) is 16.0. The minimum atomic E-state index is -1.20. The molecule has 1 aromatic rings. The predicted octanol–water partition coefficient (Wildman–Crippen LogP) is 8.51. The molecule has 0 saturated heterocycles. The van der Waals surface area contributed by atoms with Crippen molar-refractivity contribution < 1.29 is 19.4 Å². The topological polar surface area (TPSA) is 63.6 Å². The number of hydrogen-bond acceptors (Lipinski definition) is 3. The number of unbranched alkanes of at least 4 members (excludes halogenated alkanes) is 9. The van der Waals surface area contributed by atoms with Crippen molar-refractivity contribution in [1.82, 2.24) is 0 Å². The van der Waals surface area contributed by atoms with Crippen LogP contribution in [0.1, 0.15) is 91.8 Å². The Labute approximate surface area is 200 Å². The van der Waals surface area contributed by atoms with Crippen LogP contribution >= 0.6 is 63.7 Å². The first kappa shape index (κ1) is 26.1. The number of esters is 1. The number of carboxylic acid groups (broad SMARTS) is 1. The van der Waals surface area contributed by atoms with Gasteiger partial charge in [0.05, 0.1) is 17.7 Å². The van der Waals surface area contributed by atoms with E-state index in [2.05, 4.69) is 70.6 Å². The summed E-state index contributed by atoms with van der Waals surface area (Å²) in [4.78, 5) is 24.1. The third kappa shape index (κ3) is 8.07. The third-order valence-electron chi connectivity index (χ3n) is 4.42. The molecule has 0 amide bonds. The Balaban J connectivity index is 2.45. The molecule has 0 fully saturated rings. The van der Waals surface area contributed by atoms with Crippen LogP contribution in [0.25, 0.3) is 0 Å². The number of rotatable bonds is 13. The number of halogens is 4. The van der Waals surface area contributed by atoms with Gasteiger partial charge in [0.25, 0.3) is 0 Å². The number of aromatic carboxylic acids is 1. The number of ether oxygens (including phenoxy) is 1. The van der Waals surface area contributed by atoms with Crippen molar-refractivity contribution in [3.8, 4) is 0 Å². The number of benzene rings is 1. The van der Waals surface area contributed by atoms with E-state index in [1.165, 1.54) is 44.9 Å². The largest absolute Gasteiger partial charge is 0.478 e. The molecule has 0 aliphatic carbocycles. The average Bonchev–Trinajstić information content (AvgIpc) is 2.66. The second-order valence-electron chi connectivity index (χ2n) is 6.63. The van der Waals surface area contributed by atoms with Crippen LogP contribution in [0, 0.1) is 0 Å². The molecule has 0 heterocycles. The Morgan fingerprint density at radius 1 is 0.714 bits per heavy atom. The van der Waals surface area contributed by atoms with Gasteiger partial charge in [-0.3, -0.25) is 0 Å². The van der Waals surface area contributed by atoms with E-state index in [0.29, 0.717) is 17.9 Å². The highest BCUT2D eigenvalue weighted by atomic mass is 79.9. The highest BCUT2D eigenvalue weighted by Crippen LogP contribution is 2.42. The highest BCUT2D eigenvalue weighted by Gasteiger charge is 2.28. The summed E-state index contributed by atoms with van der Waals surface area (Å²) in [7, 11) is 0. The number of carboxylic acids is 1. The quantitative estimate of drug-likeness (QED) is 0.101. The van der Waals surface area contributed by atoms with E-state index in [1.807, 2.05) is 0 Å². The van der Waals surface area contributed by atoms with Crippen molar-refractivity contribution in [2.24, 2.45) is 0 Å². The second kappa shape index (κ2) is 14.1. The summed E-state index contributed by atoms with van der Waals surface area (Å²) >= 11 is 13.2. The van der Waals surface area contributed by atoms with E-state index in [0.717, 1.165) is 19.3 Å². The van der Waals surface area contributed by atoms with Crippen LogP contribution in [0.2, 0.25) is 0 Å². The minimum Gasteiger partial charge on any atom is -0.478 e. The summed E-state index contributed by atoms with van der Waals surface area (Å²) in [6.45, 7) is 2.51. The van der Waals surface area contributed by atoms with Crippen LogP contribution in [-0.4, -0.2) is 23.7 Å². The Hall–Kier alpha value is 0.0800. The number of carbonyl (C=O) groups is 2. The normalized spacial score (nSPS) is 10.9. The molecule has 28 heavy (non-hydrogen) atoms. The summed E-state index contributed by atoms with van der Waals surface area (Å²) in [6, 6.07) is 0. The first-order valence-electron chi connectivity index (χ1n) is 9.59. The molecule has 0 atom stereocenters. The molecule has 1 rings (SSSR count). The fourth-order valence-corrected chi connectivity index (χ4v) is 5.30. The first-order valence-corrected chi connectivity index (χ1v) is 12.8. The van der Waals surface area contributed by atoms with Crippen molar-refractivity contribution in [3.05, 3.63) is 29.0 Å². The highest BCUT2D eigenvalue weighted by molar-refractivity contribution is 9.15. The van der Waals surface area contributed by atoms with E-state index in [9.17, 15) is 14.7 Å². The lowest BCUT2D eigenvalue weighted by Crippen LogP contribution is -2.15. The van der Waals surface area contributed by atoms with Crippen LogP contribution in [-0.2, 0) is 4.74 Å². The predicted molar refractivity (Wildman–Crippen MR) is 126 cm³/mol. The third-order valence-corrected chi connectivity index (χ3v) is 9.18. The van der Waals surface area contributed by atoms with Gasteiger partial charge in [-0.1, -0.05) is 64.7 Å². The molecule has 1 N–H and O–H groups in total. The van der Waals surface area contributed by atoms with Gasteiger partial charge in [0.1, 0.15) is 0 Å². The molecule has 0 aromatic heterocycles. The van der Waals surface area contributed by atoms with Crippen molar-refractivity contribution in [2.75, 3.05) is 6.61 Å².